The molecule has 0 saturated heterocycles. The summed E-state index contributed by atoms with van der Waals surface area (Å²) < 4.78 is 10.6. The molecule has 3 aromatic carbocycles. The van der Waals surface area contributed by atoms with Crippen molar-refractivity contribution in [1.82, 2.24) is 0 Å². The number of carbonyl (C=O) groups is 2. The lowest BCUT2D eigenvalue weighted by Gasteiger charge is -2.19. The van der Waals surface area contributed by atoms with Crippen molar-refractivity contribution in [3.63, 3.8) is 0 Å². The topological polar surface area (TPSA) is 52.6 Å². The van der Waals surface area contributed by atoms with Gasteiger partial charge < -0.3 is 9.47 Å². The van der Waals surface area contributed by atoms with Crippen LogP contribution >= 0.6 is 0 Å². The monoisotopic (exact) mass is 376 g/mol. The van der Waals surface area contributed by atoms with Crippen LogP contribution in [0.25, 0.3) is 10.8 Å². The number of hydrogen-bond donors (Lipinski definition) is 0. The number of esters is 1. The average Bonchev–Trinajstić information content (AvgIpc) is 2.70. The smallest absolute Gasteiger partial charge is 0.342 e. The molecule has 0 fully saturated rings. The summed E-state index contributed by atoms with van der Waals surface area (Å²) in [5.74, 6) is -0.401. The van der Waals surface area contributed by atoms with Crippen molar-refractivity contribution in [3.05, 3.63) is 77.4 Å². The van der Waals surface area contributed by atoms with E-state index in [1.54, 1.807) is 24.3 Å². The molecule has 0 aromatic heterocycles. The highest BCUT2D eigenvalue weighted by Gasteiger charge is 2.18. The summed E-state index contributed by atoms with van der Waals surface area (Å²) in [4.78, 5) is 24.9. The highest BCUT2D eigenvalue weighted by atomic mass is 16.5. The van der Waals surface area contributed by atoms with Gasteiger partial charge in [0.2, 0.25) is 0 Å². The Morgan fingerprint density at radius 3 is 2.07 bits per heavy atom. The minimum absolute atomic E-state index is 0.0146. The Morgan fingerprint density at radius 2 is 1.50 bits per heavy atom. The Kier molecular flexibility index (Phi) is 5.50. The van der Waals surface area contributed by atoms with Crippen molar-refractivity contribution in [2.45, 2.75) is 26.2 Å². The molecule has 0 radical (unpaired) electrons. The van der Waals surface area contributed by atoms with Crippen LogP contribution in [0.5, 0.6) is 5.75 Å². The van der Waals surface area contributed by atoms with Gasteiger partial charge in [0.25, 0.3) is 0 Å². The van der Waals surface area contributed by atoms with E-state index < -0.39 is 5.97 Å². The SMILES string of the molecule is COc1cc2ccccc2cc1C(=O)OCC(=O)c1ccc(C(C)(C)C)cc1. The third-order valence-corrected chi connectivity index (χ3v) is 4.69. The predicted molar refractivity (Wildman–Crippen MR) is 110 cm³/mol. The van der Waals surface area contributed by atoms with Crippen LogP contribution in [0.2, 0.25) is 0 Å². The molecule has 3 rings (SSSR count). The van der Waals surface area contributed by atoms with Crippen LogP contribution in [0.1, 0.15) is 47.1 Å². The van der Waals surface area contributed by atoms with E-state index in [1.165, 1.54) is 7.11 Å². The second-order valence-electron chi connectivity index (χ2n) is 7.73. The summed E-state index contributed by atoms with van der Waals surface area (Å²) in [5.41, 5.74) is 1.98. The lowest BCUT2D eigenvalue weighted by molar-refractivity contribution is 0.0472. The molecular formula is C24H24O4. The number of rotatable bonds is 5. The second-order valence-corrected chi connectivity index (χ2v) is 7.73. The summed E-state index contributed by atoms with van der Waals surface area (Å²) in [6, 6.07) is 18.6. The molecule has 0 aliphatic rings. The van der Waals surface area contributed by atoms with Crippen molar-refractivity contribution >= 4 is 22.5 Å². The minimum Gasteiger partial charge on any atom is -0.496 e. The van der Waals surface area contributed by atoms with E-state index in [9.17, 15) is 9.59 Å². The molecule has 0 N–H and O–H groups in total. The zero-order valence-electron chi connectivity index (χ0n) is 16.6. The number of fused-ring (bicyclic) bond motifs is 1. The van der Waals surface area contributed by atoms with E-state index in [0.717, 1.165) is 16.3 Å². The Bertz CT molecular complexity index is 1010. The zero-order valence-corrected chi connectivity index (χ0v) is 16.6. The molecule has 28 heavy (non-hydrogen) atoms. The number of ketones is 1. The van der Waals surface area contributed by atoms with Crippen molar-refractivity contribution in [3.8, 4) is 5.75 Å². The zero-order chi connectivity index (χ0) is 20.3. The van der Waals surface area contributed by atoms with E-state index in [2.05, 4.69) is 20.8 Å². The molecule has 144 valence electrons. The van der Waals surface area contributed by atoms with Gasteiger partial charge in [0, 0.05) is 5.56 Å². The predicted octanol–water partition coefficient (Wildman–Crippen LogP) is 5.19. The van der Waals surface area contributed by atoms with Crippen molar-refractivity contribution < 1.29 is 19.1 Å². The van der Waals surface area contributed by atoms with E-state index in [-0.39, 0.29) is 17.8 Å². The number of benzene rings is 3. The fraction of sp³-hybridized carbons (Fsp3) is 0.250. The molecule has 0 bridgehead atoms. The van der Waals surface area contributed by atoms with Crippen LogP contribution < -0.4 is 4.74 Å². The van der Waals surface area contributed by atoms with Crippen LogP contribution in [0.4, 0.5) is 0 Å². The van der Waals surface area contributed by atoms with Gasteiger partial charge in [-0.1, -0.05) is 69.3 Å². The Labute approximate surface area is 165 Å². The third kappa shape index (κ3) is 4.22. The van der Waals surface area contributed by atoms with Crippen molar-refractivity contribution in [2.75, 3.05) is 13.7 Å². The largest absolute Gasteiger partial charge is 0.496 e. The van der Waals surface area contributed by atoms with Gasteiger partial charge in [0.1, 0.15) is 11.3 Å². The van der Waals surface area contributed by atoms with Gasteiger partial charge in [-0.25, -0.2) is 4.79 Å². The molecule has 0 spiro atoms. The van der Waals surface area contributed by atoms with Gasteiger partial charge in [-0.2, -0.15) is 0 Å². The number of hydrogen-bond acceptors (Lipinski definition) is 4. The Balaban J connectivity index is 1.73. The highest BCUT2D eigenvalue weighted by Crippen LogP contribution is 2.27. The first-order valence-corrected chi connectivity index (χ1v) is 9.17. The number of Topliss-reactive ketones (excluding diaryl/α,β-unsaturated/α-hetero) is 1. The molecule has 4 nitrogen and oxygen atoms in total. The minimum atomic E-state index is -0.581. The van der Waals surface area contributed by atoms with Gasteiger partial charge in [0.15, 0.2) is 12.4 Å². The number of ether oxygens (including phenoxy) is 2. The average molecular weight is 376 g/mol. The Hall–Kier alpha value is -3.14. The van der Waals surface area contributed by atoms with Crippen LogP contribution in [0, 0.1) is 0 Å². The van der Waals surface area contributed by atoms with E-state index in [1.807, 2.05) is 36.4 Å². The molecule has 0 amide bonds. The first-order chi connectivity index (χ1) is 13.3. The summed E-state index contributed by atoms with van der Waals surface area (Å²) in [7, 11) is 1.50. The van der Waals surface area contributed by atoms with E-state index in [4.69, 9.17) is 9.47 Å². The van der Waals surface area contributed by atoms with Crippen LogP contribution in [0.3, 0.4) is 0 Å². The molecule has 0 heterocycles. The van der Waals surface area contributed by atoms with Crippen LogP contribution in [0.15, 0.2) is 60.7 Å². The standard InChI is InChI=1S/C24H24O4/c1-24(2,3)19-11-9-16(10-12-19)21(25)15-28-23(26)20-13-17-7-5-6-8-18(17)14-22(20)27-4/h5-14H,15H2,1-4H3. The number of methoxy groups -OCH3 is 1. The van der Waals surface area contributed by atoms with E-state index >= 15 is 0 Å². The maximum atomic E-state index is 12.5. The quantitative estimate of drug-likeness (QED) is 0.454. The summed E-state index contributed by atoms with van der Waals surface area (Å²) in [6.07, 6.45) is 0. The van der Waals surface area contributed by atoms with Gasteiger partial charge in [-0.05, 0) is 33.9 Å². The van der Waals surface area contributed by atoms with Gasteiger partial charge in [-0.3, -0.25) is 4.79 Å². The highest BCUT2D eigenvalue weighted by molar-refractivity contribution is 6.02. The fourth-order valence-corrected chi connectivity index (χ4v) is 3.00. The summed E-state index contributed by atoms with van der Waals surface area (Å²) in [5, 5.41) is 1.87. The first kappa shape index (κ1) is 19.6. The molecular weight excluding hydrogens is 352 g/mol. The van der Waals surface area contributed by atoms with Crippen molar-refractivity contribution in [2.24, 2.45) is 0 Å². The molecule has 3 aromatic rings. The van der Waals surface area contributed by atoms with Gasteiger partial charge in [0.05, 0.1) is 7.11 Å². The lowest BCUT2D eigenvalue weighted by Crippen LogP contribution is -2.16. The lowest BCUT2D eigenvalue weighted by atomic mass is 9.86. The second kappa shape index (κ2) is 7.85. The maximum absolute atomic E-state index is 12.5. The molecule has 4 heteroatoms. The van der Waals surface area contributed by atoms with E-state index in [0.29, 0.717) is 16.9 Å². The van der Waals surface area contributed by atoms with Crippen LogP contribution in [-0.4, -0.2) is 25.5 Å². The number of carbonyl (C=O) groups excluding carboxylic acids is 2. The maximum Gasteiger partial charge on any atom is 0.342 e. The first-order valence-electron chi connectivity index (χ1n) is 9.17. The molecule has 0 unspecified atom stereocenters. The molecule has 0 saturated carbocycles. The van der Waals surface area contributed by atoms with Crippen LogP contribution in [-0.2, 0) is 10.2 Å². The third-order valence-electron chi connectivity index (χ3n) is 4.69. The fourth-order valence-electron chi connectivity index (χ4n) is 3.00. The molecule has 0 aliphatic heterocycles. The molecule has 0 aliphatic carbocycles. The summed E-state index contributed by atoms with van der Waals surface area (Å²) >= 11 is 0. The summed E-state index contributed by atoms with van der Waals surface area (Å²) in [6.45, 7) is 6.03. The van der Waals surface area contributed by atoms with Crippen molar-refractivity contribution in [1.29, 1.82) is 0 Å². The molecule has 0 atom stereocenters. The van der Waals surface area contributed by atoms with Gasteiger partial charge >= 0.3 is 5.97 Å². The normalized spacial score (nSPS) is 11.3. The Morgan fingerprint density at radius 1 is 0.893 bits per heavy atom. The van der Waals surface area contributed by atoms with Gasteiger partial charge in [-0.15, -0.1) is 0 Å².